The van der Waals surface area contributed by atoms with Gasteiger partial charge in [-0.1, -0.05) is 25.0 Å². The van der Waals surface area contributed by atoms with Gasteiger partial charge in [0, 0.05) is 24.9 Å². The molecule has 116 valence electrons. The number of piperidine rings is 1. The van der Waals surface area contributed by atoms with Crippen LogP contribution in [0.3, 0.4) is 0 Å². The van der Waals surface area contributed by atoms with Crippen molar-refractivity contribution in [2.45, 2.75) is 51.1 Å². The second-order valence-corrected chi connectivity index (χ2v) is 6.73. The van der Waals surface area contributed by atoms with Gasteiger partial charge in [-0.05, 0) is 62.4 Å². The monoisotopic (exact) mass is 288 g/mol. The van der Waals surface area contributed by atoms with Crippen LogP contribution in [-0.2, 0) is 6.54 Å². The van der Waals surface area contributed by atoms with Crippen LogP contribution >= 0.6 is 0 Å². The molecule has 1 aliphatic carbocycles. The molecule has 0 spiro atoms. The number of anilines is 1. The van der Waals surface area contributed by atoms with Crippen LogP contribution in [0, 0.1) is 5.92 Å². The van der Waals surface area contributed by atoms with Crippen LogP contribution in [0.5, 0.6) is 0 Å². The molecule has 0 atom stereocenters. The van der Waals surface area contributed by atoms with E-state index in [2.05, 4.69) is 34.5 Å². The highest BCUT2D eigenvalue weighted by Gasteiger charge is 2.19. The molecule has 21 heavy (non-hydrogen) atoms. The first kappa shape index (κ1) is 14.9. The molecule has 0 unspecified atom stereocenters. The van der Waals surface area contributed by atoms with E-state index in [4.69, 9.17) is 0 Å². The summed E-state index contributed by atoms with van der Waals surface area (Å²) in [6.07, 6.45) is 7.65. The summed E-state index contributed by atoms with van der Waals surface area (Å²) in [5.41, 5.74) is 2.69. The second kappa shape index (κ2) is 7.28. The molecular formula is C18H28N2O. The van der Waals surface area contributed by atoms with E-state index in [1.165, 1.54) is 36.9 Å². The summed E-state index contributed by atoms with van der Waals surface area (Å²) in [4.78, 5) is 2.51. The van der Waals surface area contributed by atoms with Gasteiger partial charge in [0.1, 0.15) is 0 Å². The molecule has 0 amide bonds. The summed E-state index contributed by atoms with van der Waals surface area (Å²) >= 11 is 0. The summed E-state index contributed by atoms with van der Waals surface area (Å²) in [7, 11) is 0. The third kappa shape index (κ3) is 4.21. The van der Waals surface area contributed by atoms with Gasteiger partial charge in [-0.25, -0.2) is 0 Å². The zero-order valence-electron chi connectivity index (χ0n) is 12.9. The minimum absolute atomic E-state index is 0.356. The molecule has 2 fully saturated rings. The molecule has 3 heteroatoms. The van der Waals surface area contributed by atoms with E-state index in [1.807, 2.05) is 0 Å². The highest BCUT2D eigenvalue weighted by atomic mass is 16.3. The Bertz CT molecular complexity index is 435. The van der Waals surface area contributed by atoms with Crippen LogP contribution < -0.4 is 5.32 Å². The predicted molar refractivity (Wildman–Crippen MR) is 87.4 cm³/mol. The number of benzene rings is 1. The van der Waals surface area contributed by atoms with Gasteiger partial charge in [-0.3, -0.25) is 4.90 Å². The Morgan fingerprint density at radius 3 is 2.57 bits per heavy atom. The Balaban J connectivity index is 1.53. The Morgan fingerprint density at radius 1 is 1.10 bits per heavy atom. The zero-order valence-corrected chi connectivity index (χ0v) is 12.9. The lowest BCUT2D eigenvalue weighted by Crippen LogP contribution is -2.34. The van der Waals surface area contributed by atoms with E-state index in [0.29, 0.717) is 18.6 Å². The number of nitrogens with zero attached hydrogens (tertiary/aromatic N) is 1. The molecule has 0 radical (unpaired) electrons. The first-order valence-electron chi connectivity index (χ1n) is 8.52. The Labute approximate surface area is 128 Å². The van der Waals surface area contributed by atoms with Gasteiger partial charge in [0.15, 0.2) is 0 Å². The fourth-order valence-electron chi connectivity index (χ4n) is 3.65. The van der Waals surface area contributed by atoms with E-state index in [9.17, 15) is 5.11 Å². The first-order chi connectivity index (χ1) is 10.3. The first-order valence-corrected chi connectivity index (χ1v) is 8.52. The molecule has 0 bridgehead atoms. The van der Waals surface area contributed by atoms with Crippen LogP contribution in [0.25, 0.3) is 0 Å². The lowest BCUT2D eigenvalue weighted by molar-refractivity contribution is 0.127. The van der Waals surface area contributed by atoms with E-state index < -0.39 is 0 Å². The molecule has 2 N–H and O–H groups in total. The number of rotatable bonds is 5. The van der Waals surface area contributed by atoms with Crippen LogP contribution in [0.1, 0.15) is 44.1 Å². The van der Waals surface area contributed by atoms with Crippen molar-refractivity contribution in [3.05, 3.63) is 29.8 Å². The summed E-state index contributed by atoms with van der Waals surface area (Å²) < 4.78 is 0. The standard InChI is InChI=1S/C18H28N2O/c21-14-15-8-10-20(11-9-15)13-16-4-3-7-18(12-16)19-17-5-1-2-6-17/h3-4,7,12,15,17,19,21H,1-2,5-6,8-11,13-14H2. The molecule has 3 nitrogen and oxygen atoms in total. The van der Waals surface area contributed by atoms with Gasteiger partial charge >= 0.3 is 0 Å². The molecule has 3 rings (SSSR count). The van der Waals surface area contributed by atoms with Crippen LogP contribution in [-0.4, -0.2) is 35.7 Å². The van der Waals surface area contributed by atoms with E-state index >= 15 is 0 Å². The van der Waals surface area contributed by atoms with Gasteiger partial charge < -0.3 is 10.4 Å². The van der Waals surface area contributed by atoms with E-state index in [0.717, 1.165) is 32.5 Å². The SMILES string of the molecule is OCC1CCN(Cc2cccc(NC3CCCC3)c2)CC1. The van der Waals surface area contributed by atoms with Crippen LogP contribution in [0.2, 0.25) is 0 Å². The maximum absolute atomic E-state index is 9.21. The van der Waals surface area contributed by atoms with Gasteiger partial charge in [0.2, 0.25) is 0 Å². The van der Waals surface area contributed by atoms with Crippen molar-refractivity contribution in [2.24, 2.45) is 5.92 Å². The number of hydrogen-bond donors (Lipinski definition) is 2. The summed E-state index contributed by atoms with van der Waals surface area (Å²) in [6.45, 7) is 3.63. The minimum Gasteiger partial charge on any atom is -0.396 e. The topological polar surface area (TPSA) is 35.5 Å². The smallest absolute Gasteiger partial charge is 0.0460 e. The normalized spacial score (nSPS) is 21.8. The molecule has 1 saturated heterocycles. The third-order valence-corrected chi connectivity index (χ3v) is 5.02. The lowest BCUT2D eigenvalue weighted by Gasteiger charge is -2.31. The predicted octanol–water partition coefficient (Wildman–Crippen LogP) is 3.25. The van der Waals surface area contributed by atoms with Crippen molar-refractivity contribution < 1.29 is 5.11 Å². The molecule has 1 aliphatic heterocycles. The van der Waals surface area contributed by atoms with Crippen molar-refractivity contribution in [3.8, 4) is 0 Å². The van der Waals surface area contributed by atoms with E-state index in [-0.39, 0.29) is 0 Å². The molecule has 2 aliphatic rings. The average molecular weight is 288 g/mol. The Morgan fingerprint density at radius 2 is 1.86 bits per heavy atom. The van der Waals surface area contributed by atoms with Crippen molar-refractivity contribution in [2.75, 3.05) is 25.0 Å². The molecular weight excluding hydrogens is 260 g/mol. The van der Waals surface area contributed by atoms with Gasteiger partial charge in [0.05, 0.1) is 0 Å². The van der Waals surface area contributed by atoms with Crippen LogP contribution in [0.15, 0.2) is 24.3 Å². The number of aliphatic hydroxyl groups is 1. The van der Waals surface area contributed by atoms with Gasteiger partial charge in [-0.2, -0.15) is 0 Å². The fourth-order valence-corrected chi connectivity index (χ4v) is 3.65. The maximum Gasteiger partial charge on any atom is 0.0460 e. The van der Waals surface area contributed by atoms with Gasteiger partial charge in [-0.15, -0.1) is 0 Å². The molecule has 0 aromatic heterocycles. The largest absolute Gasteiger partial charge is 0.396 e. The number of nitrogens with one attached hydrogen (secondary N) is 1. The summed E-state index contributed by atoms with van der Waals surface area (Å²) in [5, 5.41) is 12.9. The molecule has 1 aromatic carbocycles. The Kier molecular flexibility index (Phi) is 5.15. The van der Waals surface area contributed by atoms with Crippen molar-refractivity contribution in [1.82, 2.24) is 4.90 Å². The third-order valence-electron chi connectivity index (χ3n) is 5.02. The number of likely N-dealkylation sites (tertiary alicyclic amines) is 1. The summed E-state index contributed by atoms with van der Waals surface area (Å²) in [5.74, 6) is 0.525. The van der Waals surface area contributed by atoms with Crippen molar-refractivity contribution in [3.63, 3.8) is 0 Å². The summed E-state index contributed by atoms with van der Waals surface area (Å²) in [6, 6.07) is 9.60. The number of hydrogen-bond acceptors (Lipinski definition) is 3. The minimum atomic E-state index is 0.356. The maximum atomic E-state index is 9.21. The fraction of sp³-hybridized carbons (Fsp3) is 0.667. The van der Waals surface area contributed by atoms with Crippen molar-refractivity contribution in [1.29, 1.82) is 0 Å². The second-order valence-electron chi connectivity index (χ2n) is 6.73. The highest BCUT2D eigenvalue weighted by molar-refractivity contribution is 5.46. The van der Waals surface area contributed by atoms with Gasteiger partial charge in [0.25, 0.3) is 0 Å². The number of aliphatic hydroxyl groups excluding tert-OH is 1. The van der Waals surface area contributed by atoms with Crippen LogP contribution in [0.4, 0.5) is 5.69 Å². The molecule has 1 heterocycles. The highest BCUT2D eigenvalue weighted by Crippen LogP contribution is 2.24. The lowest BCUT2D eigenvalue weighted by atomic mass is 9.97. The molecule has 1 aromatic rings. The molecule has 1 saturated carbocycles. The zero-order chi connectivity index (χ0) is 14.5. The van der Waals surface area contributed by atoms with Crippen molar-refractivity contribution >= 4 is 5.69 Å². The quantitative estimate of drug-likeness (QED) is 0.873. The van der Waals surface area contributed by atoms with E-state index in [1.54, 1.807) is 0 Å². The average Bonchev–Trinajstić information content (AvgIpc) is 3.01. The Hall–Kier alpha value is -1.06.